The van der Waals surface area contributed by atoms with Crippen LogP contribution in [0, 0.1) is 0 Å². The van der Waals surface area contributed by atoms with E-state index in [1.165, 1.54) is 0 Å². The predicted molar refractivity (Wildman–Crippen MR) is 78.7 cm³/mol. The molecule has 0 saturated carbocycles. The van der Waals surface area contributed by atoms with Crippen LogP contribution in [0.15, 0.2) is 18.2 Å². The molecule has 1 rings (SSSR count). The van der Waals surface area contributed by atoms with Crippen molar-refractivity contribution < 1.29 is 4.74 Å². The number of ether oxygens (including phenoxy) is 1. The molecule has 0 aromatic heterocycles. The summed E-state index contributed by atoms with van der Waals surface area (Å²) in [5.41, 5.74) is 1.10. The number of hydrogen-bond acceptors (Lipinski definition) is 2. The standard InChI is InChI=1S/C14H21Cl2NO/c1-4-14(18-5-2)13(17-3)8-10-6-7-11(15)9-12(10)16/h6-7,9,13-14,17H,4-5,8H2,1-3H3. The van der Waals surface area contributed by atoms with Crippen LogP contribution in [0.1, 0.15) is 25.8 Å². The Balaban J connectivity index is 2.78. The number of benzene rings is 1. The molecule has 2 unspecified atom stereocenters. The Morgan fingerprint density at radius 3 is 2.50 bits per heavy atom. The molecule has 102 valence electrons. The normalized spacial score (nSPS) is 14.5. The van der Waals surface area contributed by atoms with Gasteiger partial charge in [-0.15, -0.1) is 0 Å². The third-order valence-corrected chi connectivity index (χ3v) is 3.64. The first kappa shape index (κ1) is 15.8. The number of rotatable bonds is 7. The molecule has 0 aliphatic rings. The van der Waals surface area contributed by atoms with Gasteiger partial charge in [0, 0.05) is 22.7 Å². The zero-order chi connectivity index (χ0) is 13.5. The smallest absolute Gasteiger partial charge is 0.0728 e. The van der Waals surface area contributed by atoms with E-state index in [0.717, 1.165) is 25.0 Å². The largest absolute Gasteiger partial charge is 0.377 e. The van der Waals surface area contributed by atoms with Crippen LogP contribution in [-0.2, 0) is 11.2 Å². The molecule has 2 nitrogen and oxygen atoms in total. The quantitative estimate of drug-likeness (QED) is 0.821. The Morgan fingerprint density at radius 2 is 2.00 bits per heavy atom. The summed E-state index contributed by atoms with van der Waals surface area (Å²) < 4.78 is 5.75. The molecule has 0 heterocycles. The van der Waals surface area contributed by atoms with Crippen molar-refractivity contribution in [2.45, 2.75) is 38.8 Å². The van der Waals surface area contributed by atoms with Gasteiger partial charge >= 0.3 is 0 Å². The van der Waals surface area contributed by atoms with Gasteiger partial charge in [0.15, 0.2) is 0 Å². The minimum atomic E-state index is 0.201. The van der Waals surface area contributed by atoms with Crippen molar-refractivity contribution in [1.82, 2.24) is 5.32 Å². The maximum Gasteiger partial charge on any atom is 0.0728 e. The van der Waals surface area contributed by atoms with Crippen molar-refractivity contribution in [3.05, 3.63) is 33.8 Å². The Hall–Kier alpha value is -0.280. The first-order valence-electron chi connectivity index (χ1n) is 6.35. The minimum Gasteiger partial charge on any atom is -0.377 e. The second-order valence-corrected chi connectivity index (χ2v) is 5.08. The Labute approximate surface area is 120 Å². The fraction of sp³-hybridized carbons (Fsp3) is 0.571. The molecule has 0 bridgehead atoms. The second-order valence-electron chi connectivity index (χ2n) is 4.24. The lowest BCUT2D eigenvalue weighted by atomic mass is 9.99. The lowest BCUT2D eigenvalue weighted by Crippen LogP contribution is -2.40. The third kappa shape index (κ3) is 4.43. The fourth-order valence-electron chi connectivity index (χ4n) is 2.08. The lowest BCUT2D eigenvalue weighted by Gasteiger charge is -2.26. The van der Waals surface area contributed by atoms with E-state index in [1.807, 2.05) is 26.1 Å². The number of likely N-dealkylation sites (N-methyl/N-ethyl adjacent to an activating group) is 1. The number of nitrogens with one attached hydrogen (secondary N) is 1. The van der Waals surface area contributed by atoms with Crippen LogP contribution in [0.4, 0.5) is 0 Å². The van der Waals surface area contributed by atoms with Crippen LogP contribution in [0.3, 0.4) is 0 Å². The fourth-order valence-corrected chi connectivity index (χ4v) is 2.56. The van der Waals surface area contributed by atoms with Gasteiger partial charge in [-0.1, -0.05) is 36.2 Å². The summed E-state index contributed by atoms with van der Waals surface area (Å²) in [5, 5.41) is 4.70. The Morgan fingerprint density at radius 1 is 1.28 bits per heavy atom. The Kier molecular flexibility index (Phi) is 7.02. The molecule has 0 radical (unpaired) electrons. The number of halogens is 2. The zero-order valence-corrected chi connectivity index (χ0v) is 12.7. The second kappa shape index (κ2) is 8.00. The molecule has 0 aliphatic carbocycles. The molecule has 0 amide bonds. The first-order valence-corrected chi connectivity index (χ1v) is 7.10. The van der Waals surface area contributed by atoms with Gasteiger partial charge in [-0.3, -0.25) is 0 Å². The Bertz CT molecular complexity index is 371. The molecule has 0 saturated heterocycles. The first-order chi connectivity index (χ1) is 8.62. The number of hydrogen-bond donors (Lipinski definition) is 1. The van der Waals surface area contributed by atoms with E-state index in [9.17, 15) is 0 Å². The van der Waals surface area contributed by atoms with Gasteiger partial charge in [0.25, 0.3) is 0 Å². The molecule has 2 atom stereocenters. The van der Waals surface area contributed by atoms with Crippen molar-refractivity contribution >= 4 is 23.2 Å². The van der Waals surface area contributed by atoms with Crippen LogP contribution in [0.2, 0.25) is 10.0 Å². The van der Waals surface area contributed by atoms with Crippen molar-refractivity contribution in [2.24, 2.45) is 0 Å². The molecule has 0 fully saturated rings. The van der Waals surface area contributed by atoms with E-state index >= 15 is 0 Å². The summed E-state index contributed by atoms with van der Waals surface area (Å²) in [6, 6.07) is 5.89. The van der Waals surface area contributed by atoms with Crippen LogP contribution >= 0.6 is 23.2 Å². The van der Waals surface area contributed by atoms with Gasteiger partial charge in [-0.25, -0.2) is 0 Å². The highest BCUT2D eigenvalue weighted by Crippen LogP contribution is 2.23. The summed E-state index contributed by atoms with van der Waals surface area (Å²) in [4.78, 5) is 0. The molecule has 1 aromatic rings. The molecule has 1 N–H and O–H groups in total. The van der Waals surface area contributed by atoms with Gasteiger partial charge in [-0.05, 0) is 44.5 Å². The maximum absolute atomic E-state index is 6.20. The zero-order valence-electron chi connectivity index (χ0n) is 11.2. The monoisotopic (exact) mass is 289 g/mol. The van der Waals surface area contributed by atoms with E-state index in [1.54, 1.807) is 6.07 Å². The maximum atomic E-state index is 6.20. The van der Waals surface area contributed by atoms with Gasteiger partial charge in [0.2, 0.25) is 0 Å². The summed E-state index contributed by atoms with van der Waals surface area (Å²) in [7, 11) is 1.95. The highest BCUT2D eigenvalue weighted by Gasteiger charge is 2.20. The van der Waals surface area contributed by atoms with Gasteiger partial charge in [0.05, 0.1) is 6.10 Å². The molecule has 1 aromatic carbocycles. The molecular weight excluding hydrogens is 269 g/mol. The van der Waals surface area contributed by atoms with Gasteiger partial charge in [0.1, 0.15) is 0 Å². The summed E-state index contributed by atoms with van der Waals surface area (Å²) in [6.45, 7) is 4.88. The average molecular weight is 290 g/mol. The summed E-state index contributed by atoms with van der Waals surface area (Å²) in [6.07, 6.45) is 2.02. The van der Waals surface area contributed by atoms with Crippen LogP contribution < -0.4 is 5.32 Å². The highest BCUT2D eigenvalue weighted by molar-refractivity contribution is 6.35. The van der Waals surface area contributed by atoms with Gasteiger partial charge < -0.3 is 10.1 Å². The summed E-state index contributed by atoms with van der Waals surface area (Å²) in [5.74, 6) is 0. The van der Waals surface area contributed by atoms with E-state index in [2.05, 4.69) is 12.2 Å². The third-order valence-electron chi connectivity index (χ3n) is 3.06. The van der Waals surface area contributed by atoms with Crippen molar-refractivity contribution in [1.29, 1.82) is 0 Å². The SMILES string of the molecule is CCOC(CC)C(Cc1ccc(Cl)cc1Cl)NC. The molecule has 0 spiro atoms. The van der Waals surface area contributed by atoms with Crippen LogP contribution in [0.25, 0.3) is 0 Å². The summed E-state index contributed by atoms with van der Waals surface area (Å²) >= 11 is 12.1. The van der Waals surface area contributed by atoms with Crippen LogP contribution in [-0.4, -0.2) is 25.8 Å². The van der Waals surface area contributed by atoms with Crippen molar-refractivity contribution in [3.63, 3.8) is 0 Å². The molecule has 0 aliphatic heterocycles. The molecule has 4 heteroatoms. The molecule has 18 heavy (non-hydrogen) atoms. The van der Waals surface area contributed by atoms with Gasteiger partial charge in [-0.2, -0.15) is 0 Å². The topological polar surface area (TPSA) is 21.3 Å². The lowest BCUT2D eigenvalue weighted by molar-refractivity contribution is 0.0339. The van der Waals surface area contributed by atoms with Crippen molar-refractivity contribution in [2.75, 3.05) is 13.7 Å². The van der Waals surface area contributed by atoms with Crippen molar-refractivity contribution in [3.8, 4) is 0 Å². The van der Waals surface area contributed by atoms with Crippen LogP contribution in [0.5, 0.6) is 0 Å². The molecular formula is C14H21Cl2NO. The highest BCUT2D eigenvalue weighted by atomic mass is 35.5. The average Bonchev–Trinajstić information content (AvgIpc) is 2.36. The van der Waals surface area contributed by atoms with E-state index in [-0.39, 0.29) is 12.1 Å². The van der Waals surface area contributed by atoms with E-state index in [0.29, 0.717) is 10.0 Å². The van der Waals surface area contributed by atoms with E-state index < -0.39 is 0 Å². The van der Waals surface area contributed by atoms with E-state index in [4.69, 9.17) is 27.9 Å². The predicted octanol–water partition coefficient (Wildman–Crippen LogP) is 3.94. The minimum absolute atomic E-state index is 0.201.